The van der Waals surface area contributed by atoms with Crippen molar-refractivity contribution in [1.82, 2.24) is 9.88 Å². The van der Waals surface area contributed by atoms with E-state index in [2.05, 4.69) is 46.8 Å². The SMILES string of the molecule is Cc1ccc2sc(N3CCN(C(=O)c4ccc(Br)s4)CC3)nc2c1C. The highest BCUT2D eigenvalue weighted by Gasteiger charge is 2.25. The summed E-state index contributed by atoms with van der Waals surface area (Å²) in [5.74, 6) is 0.131. The van der Waals surface area contributed by atoms with E-state index in [0.29, 0.717) is 0 Å². The molecule has 4 rings (SSSR count). The summed E-state index contributed by atoms with van der Waals surface area (Å²) >= 11 is 6.66. The van der Waals surface area contributed by atoms with Gasteiger partial charge in [-0.1, -0.05) is 17.4 Å². The van der Waals surface area contributed by atoms with E-state index in [-0.39, 0.29) is 5.91 Å². The molecule has 1 amide bonds. The lowest BCUT2D eigenvalue weighted by Gasteiger charge is -2.34. The van der Waals surface area contributed by atoms with Crippen LogP contribution in [-0.2, 0) is 0 Å². The van der Waals surface area contributed by atoms with Gasteiger partial charge in [-0.25, -0.2) is 4.98 Å². The van der Waals surface area contributed by atoms with E-state index in [4.69, 9.17) is 4.98 Å². The van der Waals surface area contributed by atoms with Crippen LogP contribution in [0.4, 0.5) is 5.13 Å². The molecule has 1 aliphatic heterocycles. The molecule has 2 aromatic heterocycles. The Morgan fingerprint density at radius 1 is 1.08 bits per heavy atom. The number of halogens is 1. The number of benzene rings is 1. The van der Waals surface area contributed by atoms with Crippen LogP contribution in [0, 0.1) is 13.8 Å². The van der Waals surface area contributed by atoms with Crippen molar-refractivity contribution in [2.75, 3.05) is 31.1 Å². The van der Waals surface area contributed by atoms with Gasteiger partial charge in [0.25, 0.3) is 5.91 Å². The molecule has 25 heavy (non-hydrogen) atoms. The van der Waals surface area contributed by atoms with Crippen LogP contribution in [0.5, 0.6) is 0 Å². The number of piperazine rings is 1. The number of aromatic nitrogens is 1. The van der Waals surface area contributed by atoms with Crippen LogP contribution in [0.1, 0.15) is 20.8 Å². The van der Waals surface area contributed by atoms with Crippen molar-refractivity contribution in [1.29, 1.82) is 0 Å². The van der Waals surface area contributed by atoms with Gasteiger partial charge in [0.2, 0.25) is 0 Å². The highest BCUT2D eigenvalue weighted by atomic mass is 79.9. The topological polar surface area (TPSA) is 36.4 Å². The first-order chi connectivity index (χ1) is 12.0. The fourth-order valence-electron chi connectivity index (χ4n) is 3.04. The van der Waals surface area contributed by atoms with Gasteiger partial charge in [-0.15, -0.1) is 11.3 Å². The van der Waals surface area contributed by atoms with Crippen LogP contribution >= 0.6 is 38.6 Å². The smallest absolute Gasteiger partial charge is 0.264 e. The van der Waals surface area contributed by atoms with Crippen LogP contribution in [0.15, 0.2) is 28.1 Å². The summed E-state index contributed by atoms with van der Waals surface area (Å²) < 4.78 is 2.23. The number of thiophene rings is 1. The predicted octanol–water partition coefficient (Wildman–Crippen LogP) is 4.70. The Bertz CT molecular complexity index is 941. The Labute approximate surface area is 163 Å². The number of carbonyl (C=O) groups excluding carboxylic acids is 1. The van der Waals surface area contributed by atoms with Crippen LogP contribution in [0.3, 0.4) is 0 Å². The van der Waals surface area contributed by atoms with Gasteiger partial charge in [0, 0.05) is 26.2 Å². The number of nitrogens with zero attached hydrogens (tertiary/aromatic N) is 3. The van der Waals surface area contributed by atoms with E-state index in [1.54, 1.807) is 11.3 Å². The lowest BCUT2D eigenvalue weighted by molar-refractivity contribution is 0.0751. The van der Waals surface area contributed by atoms with Gasteiger partial charge < -0.3 is 9.80 Å². The van der Waals surface area contributed by atoms with E-state index < -0.39 is 0 Å². The van der Waals surface area contributed by atoms with Crippen molar-refractivity contribution in [3.63, 3.8) is 0 Å². The van der Waals surface area contributed by atoms with Crippen molar-refractivity contribution >= 4 is 59.9 Å². The summed E-state index contributed by atoms with van der Waals surface area (Å²) in [5, 5.41) is 1.06. The first-order valence-electron chi connectivity index (χ1n) is 8.19. The van der Waals surface area contributed by atoms with E-state index in [1.165, 1.54) is 27.2 Å². The number of anilines is 1. The molecule has 0 aliphatic carbocycles. The molecule has 0 bridgehead atoms. The van der Waals surface area contributed by atoms with Crippen molar-refractivity contribution in [3.05, 3.63) is 44.1 Å². The first-order valence-corrected chi connectivity index (χ1v) is 10.6. The van der Waals surface area contributed by atoms with Gasteiger partial charge >= 0.3 is 0 Å². The van der Waals surface area contributed by atoms with Crippen LogP contribution in [-0.4, -0.2) is 42.0 Å². The zero-order valence-corrected chi connectivity index (χ0v) is 17.3. The fraction of sp³-hybridized carbons (Fsp3) is 0.333. The average Bonchev–Trinajstić information content (AvgIpc) is 3.24. The van der Waals surface area contributed by atoms with Gasteiger partial charge in [-0.3, -0.25) is 4.79 Å². The molecule has 0 saturated carbocycles. The maximum atomic E-state index is 12.6. The number of rotatable bonds is 2. The summed E-state index contributed by atoms with van der Waals surface area (Å²) in [6, 6.07) is 8.14. The second kappa shape index (κ2) is 6.70. The molecule has 0 radical (unpaired) electrons. The highest BCUT2D eigenvalue weighted by Crippen LogP contribution is 2.32. The Hall–Kier alpha value is -1.44. The maximum Gasteiger partial charge on any atom is 0.264 e. The summed E-state index contributed by atoms with van der Waals surface area (Å²) in [5.41, 5.74) is 3.65. The molecule has 1 saturated heterocycles. The molecule has 0 unspecified atom stereocenters. The zero-order valence-electron chi connectivity index (χ0n) is 14.1. The van der Waals surface area contributed by atoms with Crippen molar-refractivity contribution in [2.45, 2.75) is 13.8 Å². The number of hydrogen-bond acceptors (Lipinski definition) is 5. The second-order valence-corrected chi connectivity index (χ2v) is 9.71. The van der Waals surface area contributed by atoms with Gasteiger partial charge in [0.05, 0.1) is 18.9 Å². The Balaban J connectivity index is 1.48. The van der Waals surface area contributed by atoms with Gasteiger partial charge in [0.1, 0.15) is 0 Å². The minimum absolute atomic E-state index is 0.131. The third-order valence-corrected chi connectivity index (χ3v) is 7.39. The van der Waals surface area contributed by atoms with Crippen LogP contribution < -0.4 is 4.90 Å². The fourth-order valence-corrected chi connectivity index (χ4v) is 5.47. The maximum absolute atomic E-state index is 12.6. The van der Waals surface area contributed by atoms with Gasteiger partial charge in [-0.2, -0.15) is 0 Å². The Morgan fingerprint density at radius 3 is 2.52 bits per heavy atom. The Kier molecular flexibility index (Phi) is 4.56. The van der Waals surface area contributed by atoms with Crippen LogP contribution in [0.2, 0.25) is 0 Å². The molecule has 7 heteroatoms. The Morgan fingerprint density at radius 2 is 1.84 bits per heavy atom. The largest absolute Gasteiger partial charge is 0.345 e. The summed E-state index contributed by atoms with van der Waals surface area (Å²) in [6.07, 6.45) is 0. The minimum atomic E-state index is 0.131. The molecule has 4 nitrogen and oxygen atoms in total. The first kappa shape index (κ1) is 17.0. The molecule has 0 N–H and O–H groups in total. The molecule has 1 aliphatic rings. The van der Waals surface area contributed by atoms with E-state index in [9.17, 15) is 4.79 Å². The van der Waals surface area contributed by atoms with Crippen molar-refractivity contribution in [3.8, 4) is 0 Å². The van der Waals surface area contributed by atoms with E-state index >= 15 is 0 Å². The molecule has 3 heterocycles. The van der Waals surface area contributed by atoms with Gasteiger partial charge in [-0.05, 0) is 59.1 Å². The van der Waals surface area contributed by atoms with Crippen LogP contribution in [0.25, 0.3) is 10.2 Å². The number of aryl methyl sites for hydroxylation is 2. The van der Waals surface area contributed by atoms with Crippen molar-refractivity contribution < 1.29 is 4.79 Å². The summed E-state index contributed by atoms with van der Waals surface area (Å²) in [4.78, 5) is 22.5. The van der Waals surface area contributed by atoms with E-state index in [1.807, 2.05) is 17.0 Å². The van der Waals surface area contributed by atoms with Gasteiger partial charge in [0.15, 0.2) is 5.13 Å². The molecule has 1 aromatic carbocycles. The van der Waals surface area contributed by atoms with Crippen molar-refractivity contribution in [2.24, 2.45) is 0 Å². The summed E-state index contributed by atoms with van der Waals surface area (Å²) in [7, 11) is 0. The number of amides is 1. The third-order valence-electron chi connectivity index (χ3n) is 4.69. The number of carbonyl (C=O) groups is 1. The lowest BCUT2D eigenvalue weighted by Crippen LogP contribution is -2.48. The number of hydrogen-bond donors (Lipinski definition) is 0. The molecule has 0 spiro atoms. The average molecular weight is 436 g/mol. The molecule has 3 aromatic rings. The second-order valence-electron chi connectivity index (χ2n) is 6.23. The highest BCUT2D eigenvalue weighted by molar-refractivity contribution is 9.11. The summed E-state index contributed by atoms with van der Waals surface area (Å²) in [6.45, 7) is 7.40. The molecular weight excluding hydrogens is 418 g/mol. The number of fused-ring (bicyclic) bond motifs is 1. The standard InChI is InChI=1S/C18H18BrN3OS2/c1-11-3-4-13-16(12(11)2)20-18(25-13)22-9-7-21(8-10-22)17(23)14-5-6-15(19)24-14/h3-6H,7-10H2,1-2H3. The normalized spacial score (nSPS) is 15.2. The molecule has 0 atom stereocenters. The number of thiazole rings is 1. The lowest BCUT2D eigenvalue weighted by atomic mass is 10.1. The zero-order chi connectivity index (χ0) is 17.6. The monoisotopic (exact) mass is 435 g/mol. The quantitative estimate of drug-likeness (QED) is 0.585. The molecule has 1 fully saturated rings. The molecule has 130 valence electrons. The molecular formula is C18H18BrN3OS2. The minimum Gasteiger partial charge on any atom is -0.345 e. The third kappa shape index (κ3) is 3.20. The van der Waals surface area contributed by atoms with E-state index in [0.717, 1.165) is 45.5 Å². The predicted molar refractivity (Wildman–Crippen MR) is 109 cm³/mol.